The van der Waals surface area contributed by atoms with Gasteiger partial charge in [0.15, 0.2) is 0 Å². The lowest BCUT2D eigenvalue weighted by molar-refractivity contribution is -0.158. The lowest BCUT2D eigenvalue weighted by Crippen LogP contribution is -2.41. The standard InChI is InChI=1S/C11H22O4/c1-5-9(10(12)15-6-2)11(3,13)7-8-14-4/h9,13H,5-8H2,1-4H3. The van der Waals surface area contributed by atoms with Gasteiger partial charge in [-0.1, -0.05) is 6.92 Å². The zero-order valence-corrected chi connectivity index (χ0v) is 10.1. The van der Waals surface area contributed by atoms with Gasteiger partial charge in [0.2, 0.25) is 0 Å². The maximum absolute atomic E-state index is 11.6. The van der Waals surface area contributed by atoms with Crippen LogP contribution in [0, 0.1) is 5.92 Å². The van der Waals surface area contributed by atoms with Crippen molar-refractivity contribution < 1.29 is 19.4 Å². The number of hydrogen-bond acceptors (Lipinski definition) is 4. The van der Waals surface area contributed by atoms with Crippen molar-refractivity contribution in [3.05, 3.63) is 0 Å². The average Bonchev–Trinajstić information content (AvgIpc) is 2.16. The molecule has 0 aromatic heterocycles. The molecule has 0 spiro atoms. The van der Waals surface area contributed by atoms with Crippen LogP contribution in [0.3, 0.4) is 0 Å². The summed E-state index contributed by atoms with van der Waals surface area (Å²) >= 11 is 0. The van der Waals surface area contributed by atoms with E-state index in [1.54, 1.807) is 21.0 Å². The maximum atomic E-state index is 11.6. The van der Waals surface area contributed by atoms with Crippen molar-refractivity contribution in [2.45, 2.75) is 39.2 Å². The zero-order chi connectivity index (χ0) is 11.9. The predicted molar refractivity (Wildman–Crippen MR) is 57.5 cm³/mol. The van der Waals surface area contributed by atoms with E-state index in [-0.39, 0.29) is 5.97 Å². The molecule has 0 saturated heterocycles. The average molecular weight is 218 g/mol. The van der Waals surface area contributed by atoms with E-state index in [1.165, 1.54) is 0 Å². The molecule has 0 aliphatic heterocycles. The SMILES string of the molecule is CCOC(=O)C(CC)C(C)(O)CCOC. The minimum Gasteiger partial charge on any atom is -0.466 e. The highest BCUT2D eigenvalue weighted by Crippen LogP contribution is 2.25. The minimum absolute atomic E-state index is 0.332. The third-order valence-corrected chi connectivity index (χ3v) is 2.54. The van der Waals surface area contributed by atoms with E-state index in [4.69, 9.17) is 9.47 Å². The molecule has 0 bridgehead atoms. The van der Waals surface area contributed by atoms with Gasteiger partial charge in [0.1, 0.15) is 0 Å². The lowest BCUT2D eigenvalue weighted by atomic mass is 9.84. The molecule has 4 nitrogen and oxygen atoms in total. The number of methoxy groups -OCH3 is 1. The summed E-state index contributed by atoms with van der Waals surface area (Å²) in [6, 6.07) is 0. The first-order chi connectivity index (χ1) is 6.99. The summed E-state index contributed by atoms with van der Waals surface area (Å²) in [4.78, 5) is 11.6. The van der Waals surface area contributed by atoms with E-state index < -0.39 is 11.5 Å². The highest BCUT2D eigenvalue weighted by molar-refractivity contribution is 5.73. The molecule has 0 aromatic rings. The summed E-state index contributed by atoms with van der Waals surface area (Å²) in [7, 11) is 1.57. The molecule has 0 heterocycles. The van der Waals surface area contributed by atoms with Crippen molar-refractivity contribution in [2.24, 2.45) is 5.92 Å². The molecule has 0 aliphatic rings. The topological polar surface area (TPSA) is 55.8 Å². The van der Waals surface area contributed by atoms with E-state index in [0.29, 0.717) is 26.1 Å². The molecule has 0 rings (SSSR count). The van der Waals surface area contributed by atoms with Crippen LogP contribution in [0.25, 0.3) is 0 Å². The van der Waals surface area contributed by atoms with Gasteiger partial charge in [-0.15, -0.1) is 0 Å². The van der Waals surface area contributed by atoms with E-state index in [2.05, 4.69) is 0 Å². The monoisotopic (exact) mass is 218 g/mol. The van der Waals surface area contributed by atoms with Crippen LogP contribution in [-0.2, 0) is 14.3 Å². The Morgan fingerprint density at radius 3 is 2.47 bits per heavy atom. The molecule has 15 heavy (non-hydrogen) atoms. The number of carbonyl (C=O) groups excluding carboxylic acids is 1. The second kappa shape index (κ2) is 6.80. The van der Waals surface area contributed by atoms with Crippen LogP contribution in [-0.4, -0.2) is 37.0 Å². The molecule has 0 saturated carbocycles. The summed E-state index contributed by atoms with van der Waals surface area (Å²) in [6.07, 6.45) is 0.996. The molecule has 0 aliphatic carbocycles. The van der Waals surface area contributed by atoms with Gasteiger partial charge in [-0.05, 0) is 20.3 Å². The number of hydrogen-bond donors (Lipinski definition) is 1. The van der Waals surface area contributed by atoms with Gasteiger partial charge >= 0.3 is 5.97 Å². The largest absolute Gasteiger partial charge is 0.466 e. The van der Waals surface area contributed by atoms with Gasteiger partial charge in [0.25, 0.3) is 0 Å². The first kappa shape index (κ1) is 14.4. The molecule has 2 atom stereocenters. The van der Waals surface area contributed by atoms with Crippen molar-refractivity contribution in [2.75, 3.05) is 20.3 Å². The van der Waals surface area contributed by atoms with Crippen molar-refractivity contribution in [1.29, 1.82) is 0 Å². The Bertz CT molecular complexity index is 189. The van der Waals surface area contributed by atoms with Crippen molar-refractivity contribution in [3.63, 3.8) is 0 Å². The number of rotatable bonds is 7. The quantitative estimate of drug-likeness (QED) is 0.656. The van der Waals surface area contributed by atoms with Gasteiger partial charge in [-0.3, -0.25) is 4.79 Å². The molecule has 1 N–H and O–H groups in total. The molecule has 0 fully saturated rings. The van der Waals surface area contributed by atoms with Crippen LogP contribution < -0.4 is 0 Å². The molecule has 0 amide bonds. The summed E-state index contributed by atoms with van der Waals surface area (Å²) in [5.74, 6) is -0.811. The number of carbonyl (C=O) groups is 1. The van der Waals surface area contributed by atoms with Crippen LogP contribution in [0.4, 0.5) is 0 Å². The molecule has 0 aromatic carbocycles. The summed E-state index contributed by atoms with van der Waals surface area (Å²) < 4.78 is 9.82. The van der Waals surface area contributed by atoms with Crippen LogP contribution in [0.2, 0.25) is 0 Å². The number of aliphatic hydroxyl groups is 1. The van der Waals surface area contributed by atoms with Gasteiger partial charge in [-0.2, -0.15) is 0 Å². The van der Waals surface area contributed by atoms with Crippen molar-refractivity contribution in [3.8, 4) is 0 Å². The van der Waals surface area contributed by atoms with Gasteiger partial charge in [0, 0.05) is 20.1 Å². The number of ether oxygens (including phenoxy) is 2. The maximum Gasteiger partial charge on any atom is 0.311 e. The third kappa shape index (κ3) is 4.62. The normalized spacial score (nSPS) is 16.9. The molecule has 90 valence electrons. The summed E-state index contributed by atoms with van der Waals surface area (Å²) in [5, 5.41) is 10.1. The fraction of sp³-hybridized carbons (Fsp3) is 0.909. The lowest BCUT2D eigenvalue weighted by Gasteiger charge is -2.30. The first-order valence-corrected chi connectivity index (χ1v) is 5.37. The predicted octanol–water partition coefficient (Wildman–Crippen LogP) is 1.36. The fourth-order valence-corrected chi connectivity index (χ4v) is 1.59. The van der Waals surface area contributed by atoms with Crippen LogP contribution in [0.15, 0.2) is 0 Å². The Hall–Kier alpha value is -0.610. The number of esters is 1. The zero-order valence-electron chi connectivity index (χ0n) is 10.1. The fourth-order valence-electron chi connectivity index (χ4n) is 1.59. The second-order valence-corrected chi connectivity index (χ2v) is 3.81. The van der Waals surface area contributed by atoms with Gasteiger partial charge < -0.3 is 14.6 Å². The third-order valence-electron chi connectivity index (χ3n) is 2.54. The summed E-state index contributed by atoms with van der Waals surface area (Å²) in [6.45, 7) is 6.05. The van der Waals surface area contributed by atoms with E-state index in [9.17, 15) is 9.90 Å². The molecular formula is C11H22O4. The summed E-state index contributed by atoms with van der Waals surface area (Å²) in [5.41, 5.74) is -1.06. The van der Waals surface area contributed by atoms with Gasteiger partial charge in [0.05, 0.1) is 18.1 Å². The van der Waals surface area contributed by atoms with E-state index >= 15 is 0 Å². The van der Waals surface area contributed by atoms with Crippen molar-refractivity contribution >= 4 is 5.97 Å². The van der Waals surface area contributed by atoms with Crippen LogP contribution in [0.1, 0.15) is 33.6 Å². The Kier molecular flexibility index (Phi) is 6.52. The highest BCUT2D eigenvalue weighted by atomic mass is 16.5. The smallest absolute Gasteiger partial charge is 0.311 e. The van der Waals surface area contributed by atoms with E-state index in [0.717, 1.165) is 0 Å². The van der Waals surface area contributed by atoms with Gasteiger partial charge in [-0.25, -0.2) is 0 Å². The molecular weight excluding hydrogens is 196 g/mol. The second-order valence-electron chi connectivity index (χ2n) is 3.81. The first-order valence-electron chi connectivity index (χ1n) is 5.37. The van der Waals surface area contributed by atoms with Crippen molar-refractivity contribution in [1.82, 2.24) is 0 Å². The molecule has 0 radical (unpaired) electrons. The van der Waals surface area contributed by atoms with Crippen LogP contribution in [0.5, 0.6) is 0 Å². The van der Waals surface area contributed by atoms with Crippen LogP contribution >= 0.6 is 0 Å². The Labute approximate surface area is 91.6 Å². The Balaban J connectivity index is 4.41. The van der Waals surface area contributed by atoms with E-state index in [1.807, 2.05) is 6.92 Å². The molecule has 2 unspecified atom stereocenters. The Morgan fingerprint density at radius 2 is 2.07 bits per heavy atom. The minimum atomic E-state index is -1.06. The Morgan fingerprint density at radius 1 is 1.47 bits per heavy atom. The molecule has 4 heteroatoms. The highest BCUT2D eigenvalue weighted by Gasteiger charge is 2.36.